The van der Waals surface area contributed by atoms with Crippen molar-refractivity contribution < 1.29 is 28.1 Å². The molecule has 3 rings (SSSR count). The molecule has 2 aromatic rings. The number of rotatable bonds is 6. The second-order valence-corrected chi connectivity index (χ2v) is 5.81. The van der Waals surface area contributed by atoms with E-state index in [0.717, 1.165) is 0 Å². The summed E-state index contributed by atoms with van der Waals surface area (Å²) >= 11 is 0. The van der Waals surface area contributed by atoms with E-state index >= 15 is 0 Å². The van der Waals surface area contributed by atoms with Crippen molar-refractivity contribution in [3.8, 4) is 6.07 Å². The molecule has 0 unspecified atom stereocenters. The van der Waals surface area contributed by atoms with Gasteiger partial charge in [0.15, 0.2) is 0 Å². The molecule has 0 fully saturated rings. The zero-order valence-corrected chi connectivity index (χ0v) is 15.6. The third-order valence-electron chi connectivity index (χ3n) is 4.70. The maximum Gasteiger partial charge on any atom is 0.385 e. The first-order valence-electron chi connectivity index (χ1n) is 8.25. The molecular formula is C20H21NO6. The van der Waals surface area contributed by atoms with E-state index < -0.39 is 17.7 Å². The van der Waals surface area contributed by atoms with Crippen LogP contribution >= 0.6 is 0 Å². The normalized spacial score (nSPS) is 20.8. The Kier molecular flexibility index (Phi) is 5.35. The van der Waals surface area contributed by atoms with Gasteiger partial charge in [-0.05, 0) is 12.1 Å². The van der Waals surface area contributed by atoms with Crippen molar-refractivity contribution in [2.45, 2.75) is 17.7 Å². The lowest BCUT2D eigenvalue weighted by Gasteiger charge is -2.50. The maximum absolute atomic E-state index is 10.0. The van der Waals surface area contributed by atoms with Crippen LogP contribution in [0.25, 0.3) is 5.76 Å². The molecule has 2 heterocycles. The van der Waals surface area contributed by atoms with Crippen molar-refractivity contribution >= 4 is 5.76 Å². The van der Waals surface area contributed by atoms with E-state index in [2.05, 4.69) is 6.07 Å². The third-order valence-corrected chi connectivity index (χ3v) is 4.70. The minimum absolute atomic E-state index is 0.268. The van der Waals surface area contributed by atoms with Crippen molar-refractivity contribution in [3.63, 3.8) is 0 Å². The monoisotopic (exact) mass is 371 g/mol. The van der Waals surface area contributed by atoms with Crippen molar-refractivity contribution in [2.24, 2.45) is 0 Å². The van der Waals surface area contributed by atoms with Crippen molar-refractivity contribution in [2.75, 3.05) is 28.4 Å². The lowest BCUT2D eigenvalue weighted by Crippen LogP contribution is -2.65. The van der Waals surface area contributed by atoms with E-state index in [-0.39, 0.29) is 5.57 Å². The standard InChI is InChI=1S/C20H21NO6/c1-22-19(23-2)17(16-11-8-12-26-16)15(13-21)18(14-9-6-5-7-10-14)27-20(19,24-3)25-4/h5-12,17H,1-4H3/t17-/m1/s1. The van der Waals surface area contributed by atoms with Gasteiger partial charge in [-0.1, -0.05) is 30.3 Å². The lowest BCUT2D eigenvalue weighted by molar-refractivity contribution is -0.473. The summed E-state index contributed by atoms with van der Waals surface area (Å²) in [5.74, 6) is -3.49. The minimum atomic E-state index is -1.79. The fraction of sp³-hybridized carbons (Fsp3) is 0.350. The van der Waals surface area contributed by atoms with Crippen molar-refractivity contribution in [1.82, 2.24) is 0 Å². The highest BCUT2D eigenvalue weighted by Gasteiger charge is 2.68. The summed E-state index contributed by atoms with van der Waals surface area (Å²) in [7, 11) is 5.68. The molecule has 0 saturated heterocycles. The average Bonchev–Trinajstić information content (AvgIpc) is 3.26. The van der Waals surface area contributed by atoms with Gasteiger partial charge in [0.1, 0.15) is 17.4 Å². The van der Waals surface area contributed by atoms with Crippen LogP contribution in [-0.2, 0) is 23.7 Å². The second-order valence-electron chi connectivity index (χ2n) is 5.81. The molecule has 7 nitrogen and oxygen atoms in total. The number of nitrogens with zero attached hydrogens (tertiary/aromatic N) is 1. The molecule has 1 aromatic carbocycles. The van der Waals surface area contributed by atoms with Crippen LogP contribution in [-0.4, -0.2) is 40.2 Å². The summed E-state index contributed by atoms with van der Waals surface area (Å²) in [4.78, 5) is 0. The third kappa shape index (κ3) is 2.74. The topological polar surface area (TPSA) is 83.1 Å². The number of nitriles is 1. The van der Waals surface area contributed by atoms with Crippen LogP contribution < -0.4 is 0 Å². The smallest absolute Gasteiger partial charge is 0.385 e. The van der Waals surface area contributed by atoms with E-state index in [0.29, 0.717) is 17.1 Å². The molecule has 0 aliphatic carbocycles. The number of furan rings is 1. The van der Waals surface area contributed by atoms with Gasteiger partial charge in [0.2, 0.25) is 0 Å². The first kappa shape index (κ1) is 19.1. The Morgan fingerprint density at radius 1 is 0.926 bits per heavy atom. The predicted molar refractivity (Wildman–Crippen MR) is 95.0 cm³/mol. The van der Waals surface area contributed by atoms with Gasteiger partial charge in [-0.3, -0.25) is 0 Å². The Balaban J connectivity index is 2.37. The zero-order valence-electron chi connectivity index (χ0n) is 15.6. The number of hydrogen-bond acceptors (Lipinski definition) is 7. The van der Waals surface area contributed by atoms with E-state index in [9.17, 15) is 5.26 Å². The molecule has 1 atom stereocenters. The molecule has 0 spiro atoms. The number of ether oxygens (including phenoxy) is 5. The summed E-state index contributed by atoms with van der Waals surface area (Å²) in [5, 5.41) is 10.0. The summed E-state index contributed by atoms with van der Waals surface area (Å²) in [6, 6.07) is 14.9. The fourth-order valence-electron chi connectivity index (χ4n) is 3.48. The zero-order chi connectivity index (χ0) is 19.5. The molecule has 1 aromatic heterocycles. The molecule has 0 bridgehead atoms. The molecular weight excluding hydrogens is 350 g/mol. The van der Waals surface area contributed by atoms with E-state index in [4.69, 9.17) is 28.1 Å². The average molecular weight is 371 g/mol. The minimum Gasteiger partial charge on any atom is -0.468 e. The van der Waals surface area contributed by atoms with Crippen LogP contribution in [0.2, 0.25) is 0 Å². The molecule has 1 aliphatic rings. The number of benzene rings is 1. The summed E-state index contributed by atoms with van der Waals surface area (Å²) in [5.41, 5.74) is 0.953. The Labute approximate surface area is 157 Å². The summed E-state index contributed by atoms with van der Waals surface area (Å²) in [6.45, 7) is 0. The molecule has 0 N–H and O–H groups in total. The molecule has 7 heteroatoms. The van der Waals surface area contributed by atoms with Crippen LogP contribution in [0.3, 0.4) is 0 Å². The van der Waals surface area contributed by atoms with Crippen molar-refractivity contribution in [3.05, 3.63) is 65.6 Å². The molecule has 0 radical (unpaired) electrons. The van der Waals surface area contributed by atoms with Crippen LogP contribution in [0.15, 0.2) is 58.7 Å². The van der Waals surface area contributed by atoms with Gasteiger partial charge in [-0.15, -0.1) is 0 Å². The van der Waals surface area contributed by atoms with Crippen LogP contribution in [0.5, 0.6) is 0 Å². The van der Waals surface area contributed by atoms with Crippen molar-refractivity contribution in [1.29, 1.82) is 5.26 Å². The van der Waals surface area contributed by atoms with Crippen LogP contribution in [0.1, 0.15) is 17.2 Å². The van der Waals surface area contributed by atoms with Gasteiger partial charge in [-0.2, -0.15) is 5.26 Å². The van der Waals surface area contributed by atoms with Crippen LogP contribution in [0, 0.1) is 11.3 Å². The van der Waals surface area contributed by atoms with Crippen LogP contribution in [0.4, 0.5) is 0 Å². The first-order valence-corrected chi connectivity index (χ1v) is 8.25. The predicted octanol–water partition coefficient (Wildman–Crippen LogP) is 3.26. The number of methoxy groups -OCH3 is 4. The van der Waals surface area contributed by atoms with Gasteiger partial charge < -0.3 is 28.1 Å². The lowest BCUT2D eigenvalue weighted by atomic mass is 9.82. The Morgan fingerprint density at radius 3 is 2.07 bits per heavy atom. The fourth-order valence-corrected chi connectivity index (χ4v) is 3.48. The van der Waals surface area contributed by atoms with Gasteiger partial charge in [-0.25, -0.2) is 0 Å². The summed E-state index contributed by atoms with van der Waals surface area (Å²) in [6.07, 6.45) is 1.51. The Bertz CT molecular complexity index is 829. The van der Waals surface area contributed by atoms with Gasteiger partial charge in [0.05, 0.1) is 17.9 Å². The van der Waals surface area contributed by atoms with E-state index in [1.807, 2.05) is 30.3 Å². The number of hydrogen-bond donors (Lipinski definition) is 0. The highest BCUT2D eigenvalue weighted by molar-refractivity contribution is 5.70. The molecule has 142 valence electrons. The summed E-state index contributed by atoms with van der Waals surface area (Å²) < 4.78 is 34.4. The first-order chi connectivity index (χ1) is 13.1. The molecule has 27 heavy (non-hydrogen) atoms. The van der Waals surface area contributed by atoms with Gasteiger partial charge in [0.25, 0.3) is 5.79 Å². The Morgan fingerprint density at radius 2 is 1.59 bits per heavy atom. The SMILES string of the molecule is COC1(OC)OC(c2ccccc2)=C(C#N)[C@H](c2ccco2)C1(OC)OC. The molecule has 0 amide bonds. The van der Waals surface area contributed by atoms with E-state index in [1.54, 1.807) is 12.1 Å². The highest BCUT2D eigenvalue weighted by Crippen LogP contribution is 2.53. The quantitative estimate of drug-likeness (QED) is 0.721. The van der Waals surface area contributed by atoms with Gasteiger partial charge in [0, 0.05) is 34.0 Å². The Hall–Kier alpha value is -2.63. The van der Waals surface area contributed by atoms with E-state index in [1.165, 1.54) is 34.7 Å². The molecule has 1 aliphatic heterocycles. The highest BCUT2D eigenvalue weighted by atomic mass is 16.9. The van der Waals surface area contributed by atoms with Gasteiger partial charge >= 0.3 is 5.97 Å². The molecule has 0 saturated carbocycles. The largest absolute Gasteiger partial charge is 0.468 e. The maximum atomic E-state index is 10.0. The second kappa shape index (κ2) is 7.55.